The molecule has 1 aromatic heterocycles. The van der Waals surface area contributed by atoms with E-state index in [4.69, 9.17) is 5.11 Å². The lowest BCUT2D eigenvalue weighted by molar-refractivity contribution is 0.285. The third kappa shape index (κ3) is 3.40. The van der Waals surface area contributed by atoms with Crippen molar-refractivity contribution in [2.75, 3.05) is 18.2 Å². The van der Waals surface area contributed by atoms with Crippen LogP contribution in [0.1, 0.15) is 12.8 Å². The molecule has 0 aliphatic rings. The molecule has 4 heteroatoms. The van der Waals surface area contributed by atoms with Gasteiger partial charge in [0, 0.05) is 19.3 Å². The third-order valence-corrected chi connectivity index (χ3v) is 1.67. The number of anilines is 1. The van der Waals surface area contributed by atoms with Gasteiger partial charge in [-0.05, 0) is 25.0 Å². The Bertz CT molecular complexity index is 228. The summed E-state index contributed by atoms with van der Waals surface area (Å²) in [5, 5.41) is 20.6. The van der Waals surface area contributed by atoms with E-state index in [1.807, 2.05) is 0 Å². The topological polar surface area (TPSA) is 59.4 Å². The first-order valence-corrected chi connectivity index (χ1v) is 4.31. The molecule has 0 atom stereocenters. The fourth-order valence-electron chi connectivity index (χ4n) is 0.983. The lowest BCUT2D eigenvalue weighted by Crippen LogP contribution is -2.17. The van der Waals surface area contributed by atoms with Crippen LogP contribution in [-0.2, 0) is 0 Å². The summed E-state index contributed by atoms with van der Waals surface area (Å²) >= 11 is 0. The van der Waals surface area contributed by atoms with E-state index < -0.39 is 0 Å². The maximum atomic E-state index is 11.3. The van der Waals surface area contributed by atoms with Crippen LogP contribution in [0.5, 0.6) is 0 Å². The maximum Gasteiger partial charge on any atom is 0.117 e. The Hall–Kier alpha value is -1.13. The van der Waals surface area contributed by atoms with Crippen molar-refractivity contribution in [1.82, 2.24) is 4.98 Å². The Kier molecular flexibility index (Phi) is 4.21. The summed E-state index contributed by atoms with van der Waals surface area (Å²) < 4.78 is 0. The van der Waals surface area contributed by atoms with E-state index in [9.17, 15) is 5.21 Å². The minimum Gasteiger partial charge on any atom is -0.757 e. The van der Waals surface area contributed by atoms with Crippen LogP contribution in [0.15, 0.2) is 24.4 Å². The molecule has 0 amide bonds. The van der Waals surface area contributed by atoms with Crippen molar-refractivity contribution >= 4 is 5.82 Å². The average molecular weight is 181 g/mol. The van der Waals surface area contributed by atoms with Crippen LogP contribution in [0.25, 0.3) is 0 Å². The molecule has 1 heterocycles. The molecule has 1 N–H and O–H groups in total. The van der Waals surface area contributed by atoms with Gasteiger partial charge < -0.3 is 15.4 Å². The number of hydrogen-bond donors (Lipinski definition) is 1. The molecule has 1 aromatic rings. The van der Waals surface area contributed by atoms with E-state index >= 15 is 0 Å². The first-order valence-electron chi connectivity index (χ1n) is 4.31. The minimum absolute atomic E-state index is 0.135. The number of hydroxylamine groups is 1. The number of aliphatic hydroxyl groups is 1. The van der Waals surface area contributed by atoms with Crippen LogP contribution in [0.3, 0.4) is 0 Å². The summed E-state index contributed by atoms with van der Waals surface area (Å²) in [4.78, 5) is 3.91. The smallest absolute Gasteiger partial charge is 0.117 e. The molecular formula is C9H13N2O2-. The quantitative estimate of drug-likeness (QED) is 0.547. The molecule has 13 heavy (non-hydrogen) atoms. The first-order chi connectivity index (χ1) is 6.34. The van der Waals surface area contributed by atoms with Crippen LogP contribution in [0.2, 0.25) is 0 Å². The minimum atomic E-state index is 0.135. The SMILES string of the molecule is [O-]N(CCCCO)c1ccccn1. The molecule has 0 aliphatic carbocycles. The van der Waals surface area contributed by atoms with Crippen LogP contribution >= 0.6 is 0 Å². The van der Waals surface area contributed by atoms with Gasteiger partial charge in [-0.1, -0.05) is 6.07 Å². The van der Waals surface area contributed by atoms with Crippen LogP contribution in [0.4, 0.5) is 5.82 Å². The van der Waals surface area contributed by atoms with Gasteiger partial charge in [0.05, 0.1) is 0 Å². The largest absolute Gasteiger partial charge is 0.757 e. The highest BCUT2D eigenvalue weighted by atomic mass is 16.5. The average Bonchev–Trinajstić information content (AvgIpc) is 2.19. The highest BCUT2D eigenvalue weighted by Gasteiger charge is 1.94. The van der Waals surface area contributed by atoms with Crippen molar-refractivity contribution in [3.63, 3.8) is 0 Å². The molecule has 1 rings (SSSR count). The van der Waals surface area contributed by atoms with Gasteiger partial charge in [-0.15, -0.1) is 0 Å². The second-order valence-corrected chi connectivity index (χ2v) is 2.72. The van der Waals surface area contributed by atoms with Gasteiger partial charge in [0.2, 0.25) is 0 Å². The van der Waals surface area contributed by atoms with E-state index in [0.29, 0.717) is 25.2 Å². The lowest BCUT2D eigenvalue weighted by atomic mass is 10.3. The predicted octanol–water partition coefficient (Wildman–Crippen LogP) is 1.16. The van der Waals surface area contributed by atoms with Crippen LogP contribution in [0, 0.1) is 5.21 Å². The summed E-state index contributed by atoms with van der Waals surface area (Å²) in [5.41, 5.74) is 0. The number of aromatic nitrogens is 1. The van der Waals surface area contributed by atoms with Gasteiger partial charge >= 0.3 is 0 Å². The van der Waals surface area contributed by atoms with Crippen LogP contribution < -0.4 is 5.06 Å². The van der Waals surface area contributed by atoms with Gasteiger partial charge in [0.15, 0.2) is 0 Å². The fourth-order valence-corrected chi connectivity index (χ4v) is 0.983. The normalized spacial score (nSPS) is 10.0. The second-order valence-electron chi connectivity index (χ2n) is 2.72. The Labute approximate surface area is 77.4 Å². The monoisotopic (exact) mass is 181 g/mol. The number of pyridine rings is 1. The van der Waals surface area contributed by atoms with E-state index in [-0.39, 0.29) is 6.61 Å². The standard InChI is InChI=1S/C9H13N2O2/c12-8-4-3-7-11(13)9-5-1-2-6-10-9/h1-2,5-6,12H,3-4,7-8H2/q-1. The van der Waals surface area contributed by atoms with E-state index in [0.717, 1.165) is 5.06 Å². The highest BCUT2D eigenvalue weighted by Crippen LogP contribution is 2.07. The molecule has 0 fully saturated rings. The van der Waals surface area contributed by atoms with Crippen molar-refractivity contribution in [2.24, 2.45) is 0 Å². The molecule has 0 spiro atoms. The Morgan fingerprint density at radius 1 is 1.38 bits per heavy atom. The molecule has 0 radical (unpaired) electrons. The fraction of sp³-hybridized carbons (Fsp3) is 0.444. The van der Waals surface area contributed by atoms with Gasteiger partial charge in [0.25, 0.3) is 0 Å². The van der Waals surface area contributed by atoms with Gasteiger partial charge in [-0.3, -0.25) is 0 Å². The summed E-state index contributed by atoms with van der Waals surface area (Å²) in [6.45, 7) is 0.521. The number of rotatable bonds is 5. The number of unbranched alkanes of at least 4 members (excludes halogenated alkanes) is 1. The van der Waals surface area contributed by atoms with Crippen molar-refractivity contribution in [2.45, 2.75) is 12.8 Å². The summed E-state index contributed by atoms with van der Waals surface area (Å²) in [7, 11) is 0. The zero-order chi connectivity index (χ0) is 9.52. The molecule has 4 nitrogen and oxygen atoms in total. The maximum absolute atomic E-state index is 11.3. The molecule has 0 bridgehead atoms. The molecule has 0 aromatic carbocycles. The molecule has 0 saturated heterocycles. The summed E-state index contributed by atoms with van der Waals surface area (Å²) in [6.07, 6.45) is 2.94. The van der Waals surface area contributed by atoms with E-state index in [1.165, 1.54) is 0 Å². The van der Waals surface area contributed by atoms with E-state index in [1.54, 1.807) is 24.4 Å². The predicted molar refractivity (Wildman–Crippen MR) is 51.3 cm³/mol. The molecular weight excluding hydrogens is 168 g/mol. The van der Waals surface area contributed by atoms with Gasteiger partial charge in [-0.25, -0.2) is 4.98 Å². The Balaban J connectivity index is 2.35. The first kappa shape index (κ1) is 9.95. The van der Waals surface area contributed by atoms with E-state index in [2.05, 4.69) is 4.98 Å². The Morgan fingerprint density at radius 2 is 2.23 bits per heavy atom. The van der Waals surface area contributed by atoms with Crippen molar-refractivity contribution in [1.29, 1.82) is 0 Å². The highest BCUT2D eigenvalue weighted by molar-refractivity contribution is 5.38. The zero-order valence-electron chi connectivity index (χ0n) is 7.39. The molecule has 0 unspecified atom stereocenters. The second kappa shape index (κ2) is 5.50. The number of nitrogens with zero attached hydrogens (tertiary/aromatic N) is 2. The number of hydrogen-bond acceptors (Lipinski definition) is 4. The van der Waals surface area contributed by atoms with Crippen molar-refractivity contribution in [3.8, 4) is 0 Å². The molecule has 0 saturated carbocycles. The molecule has 0 aliphatic heterocycles. The Morgan fingerprint density at radius 3 is 2.85 bits per heavy atom. The van der Waals surface area contributed by atoms with Crippen molar-refractivity contribution in [3.05, 3.63) is 29.6 Å². The summed E-state index contributed by atoms with van der Waals surface area (Å²) in [6, 6.07) is 5.22. The van der Waals surface area contributed by atoms with Crippen molar-refractivity contribution < 1.29 is 5.11 Å². The van der Waals surface area contributed by atoms with Crippen LogP contribution in [-0.4, -0.2) is 23.2 Å². The zero-order valence-corrected chi connectivity index (χ0v) is 7.39. The number of aliphatic hydroxyl groups excluding tert-OH is 1. The summed E-state index contributed by atoms with van der Waals surface area (Å²) in [5.74, 6) is 0.431. The van der Waals surface area contributed by atoms with Gasteiger partial charge in [-0.2, -0.15) is 0 Å². The van der Waals surface area contributed by atoms with Gasteiger partial charge in [0.1, 0.15) is 5.82 Å². The lowest BCUT2D eigenvalue weighted by Gasteiger charge is -2.28. The molecule has 72 valence electrons. The third-order valence-electron chi connectivity index (χ3n) is 1.67.